The van der Waals surface area contributed by atoms with Crippen LogP contribution in [0, 0.1) is 5.92 Å². The SMILES string of the molecule is CC(C)(C)OC(=O)N1CC[C@H](CS(=O)(=O)c2ccncc2)C1. The molecule has 6 nitrogen and oxygen atoms in total. The summed E-state index contributed by atoms with van der Waals surface area (Å²) in [5, 5.41) is 0. The van der Waals surface area contributed by atoms with Gasteiger partial charge in [-0.05, 0) is 45.2 Å². The Labute approximate surface area is 131 Å². The number of rotatable bonds is 3. The van der Waals surface area contributed by atoms with E-state index in [1.807, 2.05) is 20.8 Å². The Hall–Kier alpha value is -1.63. The number of amides is 1. The zero-order valence-corrected chi connectivity index (χ0v) is 14.0. The fourth-order valence-corrected chi connectivity index (χ4v) is 4.03. The van der Waals surface area contributed by atoms with Crippen LogP contribution < -0.4 is 0 Å². The van der Waals surface area contributed by atoms with Crippen molar-refractivity contribution in [3.05, 3.63) is 24.5 Å². The fourth-order valence-electron chi connectivity index (χ4n) is 2.41. The summed E-state index contributed by atoms with van der Waals surface area (Å²) in [6.45, 7) is 6.38. The van der Waals surface area contributed by atoms with Gasteiger partial charge in [0.1, 0.15) is 5.60 Å². The van der Waals surface area contributed by atoms with Crippen LogP contribution in [0.1, 0.15) is 27.2 Å². The molecular weight excluding hydrogens is 304 g/mol. The van der Waals surface area contributed by atoms with Gasteiger partial charge in [0.25, 0.3) is 0 Å². The molecule has 0 spiro atoms. The van der Waals surface area contributed by atoms with Gasteiger partial charge in [0.15, 0.2) is 9.84 Å². The first kappa shape index (κ1) is 16.7. The standard InChI is InChI=1S/C15H22N2O4S/c1-15(2,3)21-14(18)17-9-6-12(10-17)11-22(19,20)13-4-7-16-8-5-13/h4-5,7-8,12H,6,9-11H2,1-3H3/t12-/m0/s1. The van der Waals surface area contributed by atoms with Crippen LogP contribution in [0.25, 0.3) is 0 Å². The highest BCUT2D eigenvalue weighted by atomic mass is 32.2. The summed E-state index contributed by atoms with van der Waals surface area (Å²) in [5.41, 5.74) is -0.543. The van der Waals surface area contributed by atoms with Gasteiger partial charge >= 0.3 is 6.09 Å². The summed E-state index contributed by atoms with van der Waals surface area (Å²) < 4.78 is 30.0. The van der Waals surface area contributed by atoms with Gasteiger partial charge in [0.2, 0.25) is 0 Å². The van der Waals surface area contributed by atoms with Gasteiger partial charge in [0, 0.05) is 25.5 Å². The van der Waals surface area contributed by atoms with Gasteiger partial charge in [-0.25, -0.2) is 13.2 Å². The molecule has 0 radical (unpaired) electrons. The van der Waals surface area contributed by atoms with Crippen LogP contribution in [0.2, 0.25) is 0 Å². The van der Waals surface area contributed by atoms with E-state index in [9.17, 15) is 13.2 Å². The average Bonchev–Trinajstić information content (AvgIpc) is 2.86. The first-order valence-electron chi connectivity index (χ1n) is 7.28. The number of likely N-dealkylation sites (tertiary alicyclic amines) is 1. The number of aromatic nitrogens is 1. The predicted octanol–water partition coefficient (Wildman–Crippen LogP) is 2.11. The Balaban J connectivity index is 1.95. The number of hydrogen-bond donors (Lipinski definition) is 0. The van der Waals surface area contributed by atoms with Gasteiger partial charge in [0.05, 0.1) is 10.6 Å². The normalized spacial score (nSPS) is 19.2. The van der Waals surface area contributed by atoms with E-state index < -0.39 is 15.4 Å². The predicted molar refractivity (Wildman–Crippen MR) is 82.2 cm³/mol. The number of carbonyl (C=O) groups is 1. The van der Waals surface area contributed by atoms with Gasteiger partial charge in [-0.2, -0.15) is 0 Å². The highest BCUT2D eigenvalue weighted by Crippen LogP contribution is 2.23. The second-order valence-corrected chi connectivity index (χ2v) is 8.58. The third kappa shape index (κ3) is 4.43. The zero-order valence-electron chi connectivity index (χ0n) is 13.2. The van der Waals surface area contributed by atoms with Crippen molar-refractivity contribution in [1.29, 1.82) is 0 Å². The van der Waals surface area contributed by atoms with Gasteiger partial charge in [-0.1, -0.05) is 0 Å². The molecule has 2 heterocycles. The molecule has 0 aromatic carbocycles. The van der Waals surface area contributed by atoms with Crippen molar-refractivity contribution in [3.63, 3.8) is 0 Å². The van der Waals surface area contributed by atoms with Crippen LogP contribution in [0.3, 0.4) is 0 Å². The number of carbonyl (C=O) groups excluding carboxylic acids is 1. The van der Waals surface area contributed by atoms with Crippen LogP contribution in [-0.2, 0) is 14.6 Å². The Morgan fingerprint density at radius 1 is 1.36 bits per heavy atom. The minimum atomic E-state index is -3.35. The van der Waals surface area contributed by atoms with Crippen LogP contribution in [0.5, 0.6) is 0 Å². The maximum atomic E-state index is 12.3. The summed E-state index contributed by atoms with van der Waals surface area (Å²) >= 11 is 0. The molecule has 22 heavy (non-hydrogen) atoms. The van der Waals surface area contributed by atoms with Crippen molar-refractivity contribution in [2.45, 2.75) is 37.7 Å². The number of ether oxygens (including phenoxy) is 1. The van der Waals surface area contributed by atoms with Gasteiger partial charge in [-0.15, -0.1) is 0 Å². The Bertz CT molecular complexity index is 623. The summed E-state index contributed by atoms with van der Waals surface area (Å²) in [6.07, 6.45) is 3.23. The van der Waals surface area contributed by atoms with E-state index in [4.69, 9.17) is 4.74 Å². The maximum Gasteiger partial charge on any atom is 0.410 e. The molecule has 0 unspecified atom stereocenters. The summed E-state index contributed by atoms with van der Waals surface area (Å²) in [5.74, 6) is -0.0262. The lowest BCUT2D eigenvalue weighted by atomic mass is 10.2. The van der Waals surface area contributed by atoms with E-state index in [0.29, 0.717) is 19.5 Å². The highest BCUT2D eigenvalue weighted by molar-refractivity contribution is 7.91. The second-order valence-electron chi connectivity index (χ2n) is 6.55. The quantitative estimate of drug-likeness (QED) is 0.850. The molecule has 1 fully saturated rings. The van der Waals surface area contributed by atoms with E-state index in [2.05, 4.69) is 4.98 Å². The molecule has 1 amide bonds. The van der Waals surface area contributed by atoms with Crippen LogP contribution >= 0.6 is 0 Å². The Morgan fingerprint density at radius 2 is 2.00 bits per heavy atom. The molecule has 1 atom stereocenters. The molecule has 1 aliphatic heterocycles. The van der Waals surface area contributed by atoms with Crippen molar-refractivity contribution in [3.8, 4) is 0 Å². The van der Waals surface area contributed by atoms with Crippen LogP contribution in [0.15, 0.2) is 29.4 Å². The second kappa shape index (κ2) is 6.24. The number of hydrogen-bond acceptors (Lipinski definition) is 5. The lowest BCUT2D eigenvalue weighted by Gasteiger charge is -2.24. The summed E-state index contributed by atoms with van der Waals surface area (Å²) in [4.78, 5) is 17.7. The van der Waals surface area contributed by atoms with Crippen molar-refractivity contribution < 1.29 is 17.9 Å². The maximum absolute atomic E-state index is 12.3. The van der Waals surface area contributed by atoms with Crippen LogP contribution in [0.4, 0.5) is 4.79 Å². The lowest BCUT2D eigenvalue weighted by Crippen LogP contribution is -2.35. The largest absolute Gasteiger partial charge is 0.444 e. The lowest BCUT2D eigenvalue weighted by molar-refractivity contribution is 0.0289. The molecule has 0 saturated carbocycles. The first-order chi connectivity index (χ1) is 10.2. The molecule has 1 saturated heterocycles. The first-order valence-corrected chi connectivity index (χ1v) is 8.93. The molecule has 1 aromatic heterocycles. The third-order valence-corrected chi connectivity index (χ3v) is 5.30. The summed E-state index contributed by atoms with van der Waals surface area (Å²) in [6, 6.07) is 2.99. The minimum absolute atomic E-state index is 0.0380. The smallest absolute Gasteiger partial charge is 0.410 e. The Kier molecular flexibility index (Phi) is 4.75. The van der Waals surface area contributed by atoms with E-state index >= 15 is 0 Å². The molecule has 2 rings (SSSR count). The monoisotopic (exact) mass is 326 g/mol. The minimum Gasteiger partial charge on any atom is -0.444 e. The summed E-state index contributed by atoms with van der Waals surface area (Å²) in [7, 11) is -3.35. The molecular formula is C15H22N2O4S. The number of pyridine rings is 1. The van der Waals surface area contributed by atoms with E-state index in [1.165, 1.54) is 24.5 Å². The van der Waals surface area contributed by atoms with E-state index in [1.54, 1.807) is 4.90 Å². The van der Waals surface area contributed by atoms with Crippen molar-refractivity contribution in [2.24, 2.45) is 5.92 Å². The van der Waals surface area contributed by atoms with Crippen molar-refractivity contribution >= 4 is 15.9 Å². The number of sulfone groups is 1. The van der Waals surface area contributed by atoms with Gasteiger partial charge < -0.3 is 9.64 Å². The van der Waals surface area contributed by atoms with E-state index in [-0.39, 0.29) is 22.7 Å². The Morgan fingerprint density at radius 3 is 2.59 bits per heavy atom. The van der Waals surface area contributed by atoms with Crippen molar-refractivity contribution in [1.82, 2.24) is 9.88 Å². The van der Waals surface area contributed by atoms with Crippen LogP contribution in [-0.4, -0.2) is 48.8 Å². The van der Waals surface area contributed by atoms with E-state index in [0.717, 1.165) is 0 Å². The molecule has 1 aliphatic rings. The topological polar surface area (TPSA) is 76.6 Å². The zero-order chi connectivity index (χ0) is 16.4. The molecule has 7 heteroatoms. The molecule has 122 valence electrons. The molecule has 1 aromatic rings. The molecule has 0 aliphatic carbocycles. The fraction of sp³-hybridized carbons (Fsp3) is 0.600. The third-order valence-electron chi connectivity index (χ3n) is 3.40. The van der Waals surface area contributed by atoms with Crippen molar-refractivity contribution in [2.75, 3.05) is 18.8 Å². The average molecular weight is 326 g/mol. The number of nitrogens with zero attached hydrogens (tertiary/aromatic N) is 2. The van der Waals surface area contributed by atoms with Gasteiger partial charge in [-0.3, -0.25) is 4.98 Å². The molecule has 0 bridgehead atoms. The molecule has 0 N–H and O–H groups in total. The highest BCUT2D eigenvalue weighted by Gasteiger charge is 2.32.